The molecule has 2 fully saturated rings. The van der Waals surface area contributed by atoms with Crippen LogP contribution in [-0.4, -0.2) is 51.2 Å². The number of hydrogen-bond donors (Lipinski definition) is 2. The molecule has 1 saturated carbocycles. The first kappa shape index (κ1) is 23.8. The van der Waals surface area contributed by atoms with Gasteiger partial charge in [0.05, 0.1) is 27.6 Å². The number of nitrogens with zero attached hydrogens (tertiary/aromatic N) is 2. The van der Waals surface area contributed by atoms with Crippen LogP contribution < -0.4 is 5.32 Å². The first-order valence-electron chi connectivity index (χ1n) is 11.5. The molecule has 0 spiro atoms. The molecule has 2 heterocycles. The maximum Gasteiger partial charge on any atom is 0.243 e. The van der Waals surface area contributed by atoms with Crippen molar-refractivity contribution in [2.45, 2.75) is 71.3 Å². The van der Waals surface area contributed by atoms with Crippen LogP contribution in [0.5, 0.6) is 0 Å². The largest absolute Gasteiger partial charge is 0.391 e. The number of carbonyl (C=O) groups is 2. The summed E-state index contributed by atoms with van der Waals surface area (Å²) in [5.74, 6) is -0.921. The number of rotatable bonds is 7. The Labute approximate surface area is 198 Å². The zero-order valence-corrected chi connectivity index (χ0v) is 20.4. The van der Waals surface area contributed by atoms with Crippen molar-refractivity contribution < 1.29 is 19.1 Å². The summed E-state index contributed by atoms with van der Waals surface area (Å²) in [4.78, 5) is 33.3. The molecule has 2 amide bonds. The molecule has 1 unspecified atom stereocenters. The Morgan fingerprint density at radius 1 is 1.33 bits per heavy atom. The van der Waals surface area contributed by atoms with E-state index in [1.807, 2.05) is 50.5 Å². The minimum absolute atomic E-state index is 0.0538. The number of amides is 2. The summed E-state index contributed by atoms with van der Waals surface area (Å²) in [5.41, 5.74) is 2.07. The Hall–Kier alpha value is -2.32. The van der Waals surface area contributed by atoms with Crippen LogP contribution in [0.3, 0.4) is 0 Å². The number of aliphatic hydroxyl groups is 1. The Bertz CT molecular complexity index is 1030. The van der Waals surface area contributed by atoms with Crippen LogP contribution in [0.15, 0.2) is 29.8 Å². The third-order valence-corrected chi connectivity index (χ3v) is 8.47. The molecule has 4 rings (SSSR count). The maximum atomic E-state index is 15.2. The van der Waals surface area contributed by atoms with E-state index in [0.717, 1.165) is 21.7 Å². The van der Waals surface area contributed by atoms with Crippen LogP contribution in [0.2, 0.25) is 0 Å². The van der Waals surface area contributed by atoms with Crippen molar-refractivity contribution in [3.05, 3.63) is 41.0 Å². The average molecular weight is 474 g/mol. The lowest BCUT2D eigenvalue weighted by atomic mass is 9.72. The third kappa shape index (κ3) is 4.30. The molecule has 1 aliphatic carbocycles. The van der Waals surface area contributed by atoms with Gasteiger partial charge >= 0.3 is 0 Å². The molecule has 1 aromatic carbocycles. The highest BCUT2D eigenvalue weighted by Crippen LogP contribution is 2.58. The van der Waals surface area contributed by atoms with Gasteiger partial charge < -0.3 is 15.3 Å². The molecule has 3 atom stereocenters. The lowest BCUT2D eigenvalue weighted by molar-refractivity contribution is -0.154. The van der Waals surface area contributed by atoms with Gasteiger partial charge in [-0.3, -0.25) is 9.59 Å². The number of aromatic nitrogens is 1. The topological polar surface area (TPSA) is 82.5 Å². The first-order valence-corrected chi connectivity index (χ1v) is 12.4. The smallest absolute Gasteiger partial charge is 0.243 e. The van der Waals surface area contributed by atoms with Crippen molar-refractivity contribution in [2.24, 2.45) is 11.3 Å². The highest BCUT2D eigenvalue weighted by Gasteiger charge is 2.65. The Balaban J connectivity index is 1.44. The van der Waals surface area contributed by atoms with Crippen LogP contribution >= 0.6 is 11.3 Å². The van der Waals surface area contributed by atoms with Gasteiger partial charge in [0.25, 0.3) is 0 Å². The number of likely N-dealkylation sites (tertiary alicyclic amines) is 1. The predicted octanol–water partition coefficient (Wildman–Crippen LogP) is 3.86. The van der Waals surface area contributed by atoms with Gasteiger partial charge in [0, 0.05) is 19.5 Å². The standard InChI is InChI=1S/C25H32FN3O3S/c1-15(2)24(4,25(26)9-10-25)23(32)29-13-19(30)11-20(29)22(31)27-12-17-5-7-18(8-6-17)21-16(3)28-14-33-21/h5-8,14-15,19-20,30H,9-13H2,1-4H3,(H,27,31)/t19-,20+,24?/m1/s1. The van der Waals surface area contributed by atoms with Gasteiger partial charge in [-0.05, 0) is 43.7 Å². The van der Waals surface area contributed by atoms with Crippen molar-refractivity contribution in [2.75, 3.05) is 6.54 Å². The zero-order valence-electron chi connectivity index (χ0n) is 19.6. The number of β-amino-alcohol motifs (C(OH)–C–C–N with tert-alkyl or cyclic N) is 1. The average Bonchev–Trinajstić information content (AvgIpc) is 3.21. The van der Waals surface area contributed by atoms with E-state index in [9.17, 15) is 14.7 Å². The molecular weight excluding hydrogens is 441 g/mol. The van der Waals surface area contributed by atoms with E-state index < -0.39 is 23.2 Å². The molecule has 178 valence electrons. The molecule has 2 N–H and O–H groups in total. The Morgan fingerprint density at radius 3 is 2.55 bits per heavy atom. The second-order valence-electron chi connectivity index (χ2n) is 9.87. The molecule has 1 saturated heterocycles. The number of halogens is 1. The second-order valence-corrected chi connectivity index (χ2v) is 10.7. The van der Waals surface area contributed by atoms with Gasteiger partial charge in [0.1, 0.15) is 11.7 Å². The van der Waals surface area contributed by atoms with Crippen LogP contribution in [0, 0.1) is 18.3 Å². The van der Waals surface area contributed by atoms with E-state index in [2.05, 4.69) is 10.3 Å². The lowest BCUT2D eigenvalue weighted by Crippen LogP contribution is -2.55. The van der Waals surface area contributed by atoms with Crippen LogP contribution in [0.4, 0.5) is 4.39 Å². The number of nitrogens with one attached hydrogen (secondary N) is 1. The fourth-order valence-corrected chi connectivity index (χ4v) is 5.64. The third-order valence-electron chi connectivity index (χ3n) is 7.49. The number of aliphatic hydroxyl groups excluding tert-OH is 1. The summed E-state index contributed by atoms with van der Waals surface area (Å²) in [6, 6.07) is 7.11. The van der Waals surface area contributed by atoms with Crippen molar-refractivity contribution >= 4 is 23.2 Å². The molecule has 2 aromatic rings. The lowest BCUT2D eigenvalue weighted by Gasteiger charge is -2.40. The van der Waals surface area contributed by atoms with E-state index in [-0.39, 0.29) is 30.7 Å². The first-order chi connectivity index (χ1) is 15.6. The summed E-state index contributed by atoms with van der Waals surface area (Å²) in [6.45, 7) is 7.69. The monoisotopic (exact) mass is 473 g/mol. The number of benzene rings is 1. The molecule has 0 bridgehead atoms. The Morgan fingerprint density at radius 2 is 2.00 bits per heavy atom. The van der Waals surface area contributed by atoms with Gasteiger partial charge in [-0.25, -0.2) is 9.37 Å². The summed E-state index contributed by atoms with van der Waals surface area (Å²) in [5, 5.41) is 13.1. The van der Waals surface area contributed by atoms with Gasteiger partial charge in [-0.15, -0.1) is 11.3 Å². The molecule has 8 heteroatoms. The summed E-state index contributed by atoms with van der Waals surface area (Å²) >= 11 is 1.59. The van der Waals surface area contributed by atoms with Gasteiger partial charge in [0.15, 0.2) is 0 Å². The molecule has 0 radical (unpaired) electrons. The molecule has 6 nitrogen and oxygen atoms in total. The quantitative estimate of drug-likeness (QED) is 0.640. The van der Waals surface area contributed by atoms with Crippen molar-refractivity contribution in [3.8, 4) is 10.4 Å². The summed E-state index contributed by atoms with van der Waals surface area (Å²) in [7, 11) is 0. The van der Waals surface area contributed by atoms with E-state index in [0.29, 0.717) is 19.4 Å². The normalized spacial score (nSPS) is 23.4. The van der Waals surface area contributed by atoms with Crippen molar-refractivity contribution in [3.63, 3.8) is 0 Å². The van der Waals surface area contributed by atoms with Crippen LogP contribution in [-0.2, 0) is 16.1 Å². The fraction of sp³-hybridized carbons (Fsp3) is 0.560. The second kappa shape index (κ2) is 8.80. The number of hydrogen-bond acceptors (Lipinski definition) is 5. The number of aryl methyl sites for hydroxylation is 1. The van der Waals surface area contributed by atoms with Crippen LogP contribution in [0.1, 0.15) is 51.3 Å². The SMILES string of the molecule is Cc1ncsc1-c1ccc(CNC(=O)[C@@H]2C[C@@H](O)CN2C(=O)C(C)(C(C)C)C2(F)CC2)cc1. The number of alkyl halides is 1. The van der Waals surface area contributed by atoms with E-state index in [4.69, 9.17) is 0 Å². The molecule has 33 heavy (non-hydrogen) atoms. The van der Waals surface area contributed by atoms with E-state index in [1.54, 1.807) is 18.3 Å². The van der Waals surface area contributed by atoms with Crippen LogP contribution in [0.25, 0.3) is 10.4 Å². The number of thiazole rings is 1. The molecule has 1 aliphatic heterocycles. The maximum absolute atomic E-state index is 15.2. The highest BCUT2D eigenvalue weighted by molar-refractivity contribution is 7.13. The predicted molar refractivity (Wildman–Crippen MR) is 126 cm³/mol. The molecule has 1 aromatic heterocycles. The van der Waals surface area contributed by atoms with E-state index in [1.165, 1.54) is 4.90 Å². The van der Waals surface area contributed by atoms with Gasteiger partial charge in [0.2, 0.25) is 11.8 Å². The van der Waals surface area contributed by atoms with Crippen molar-refractivity contribution in [1.29, 1.82) is 0 Å². The minimum atomic E-state index is -1.54. The summed E-state index contributed by atoms with van der Waals surface area (Å²) < 4.78 is 15.2. The molecular formula is C25H32FN3O3S. The summed E-state index contributed by atoms with van der Waals surface area (Å²) in [6.07, 6.45) is 0.0854. The van der Waals surface area contributed by atoms with Gasteiger partial charge in [-0.1, -0.05) is 38.1 Å². The molecule has 2 aliphatic rings. The van der Waals surface area contributed by atoms with Gasteiger partial charge in [-0.2, -0.15) is 0 Å². The van der Waals surface area contributed by atoms with Crippen molar-refractivity contribution in [1.82, 2.24) is 15.2 Å². The minimum Gasteiger partial charge on any atom is -0.391 e. The number of carbonyl (C=O) groups excluding carboxylic acids is 2. The highest BCUT2D eigenvalue weighted by atomic mass is 32.1. The zero-order chi connectivity index (χ0) is 24.0. The Kier molecular flexibility index (Phi) is 6.35. The fourth-order valence-electron chi connectivity index (χ4n) is 4.83. The van der Waals surface area contributed by atoms with E-state index >= 15 is 4.39 Å².